The normalized spacial score (nSPS) is 11.6. The zero-order chi connectivity index (χ0) is 18.1. The van der Waals surface area contributed by atoms with Gasteiger partial charge in [-0.2, -0.15) is 0 Å². The minimum atomic E-state index is -3.58. The summed E-state index contributed by atoms with van der Waals surface area (Å²) < 4.78 is 25.7. The van der Waals surface area contributed by atoms with Gasteiger partial charge in [0.2, 0.25) is 10.0 Å². The van der Waals surface area contributed by atoms with E-state index in [1.807, 2.05) is 32.0 Å². The van der Waals surface area contributed by atoms with Crippen LogP contribution in [0.5, 0.6) is 0 Å². The van der Waals surface area contributed by atoms with E-state index in [-0.39, 0.29) is 10.8 Å². The van der Waals surface area contributed by atoms with Crippen molar-refractivity contribution in [3.8, 4) is 0 Å². The Morgan fingerprint density at radius 2 is 1.62 bits per heavy atom. The van der Waals surface area contributed by atoms with Crippen molar-refractivity contribution in [2.24, 2.45) is 0 Å². The van der Waals surface area contributed by atoms with Gasteiger partial charge in [0.15, 0.2) is 0 Å². The summed E-state index contributed by atoms with van der Waals surface area (Å²) in [5.74, 6) is -0.324. The van der Waals surface area contributed by atoms with E-state index in [4.69, 9.17) is 0 Å². The van der Waals surface area contributed by atoms with Gasteiger partial charge in [-0.05, 0) is 50.1 Å². The number of rotatable bonds is 4. The lowest BCUT2D eigenvalue weighted by molar-refractivity contribution is 0.102. The Labute approximate surface area is 143 Å². The Hall–Kier alpha value is -2.18. The minimum Gasteiger partial charge on any atom is -0.322 e. The number of nitrogens with zero attached hydrogens (tertiary/aromatic N) is 1. The number of hydrogen-bond donors (Lipinski definition) is 1. The smallest absolute Gasteiger partial charge is 0.255 e. The maximum absolute atomic E-state index is 12.6. The van der Waals surface area contributed by atoms with Gasteiger partial charge in [-0.15, -0.1) is 0 Å². The third kappa shape index (κ3) is 3.66. The van der Waals surface area contributed by atoms with Gasteiger partial charge >= 0.3 is 0 Å². The van der Waals surface area contributed by atoms with E-state index in [1.165, 1.54) is 26.2 Å². The predicted molar refractivity (Wildman–Crippen MR) is 95.9 cm³/mol. The Morgan fingerprint density at radius 3 is 2.21 bits per heavy atom. The van der Waals surface area contributed by atoms with Crippen LogP contribution in [0.1, 0.15) is 27.0 Å². The fourth-order valence-electron chi connectivity index (χ4n) is 2.36. The van der Waals surface area contributed by atoms with Crippen molar-refractivity contribution in [2.75, 3.05) is 19.4 Å². The minimum absolute atomic E-state index is 0.101. The fraction of sp³-hybridized carbons (Fsp3) is 0.278. The number of carbonyl (C=O) groups excluding carboxylic acids is 1. The van der Waals surface area contributed by atoms with Gasteiger partial charge in [0, 0.05) is 25.3 Å². The van der Waals surface area contributed by atoms with Crippen LogP contribution in [0.2, 0.25) is 0 Å². The molecule has 6 heteroatoms. The lowest BCUT2D eigenvalue weighted by Crippen LogP contribution is -2.23. The third-order valence-electron chi connectivity index (χ3n) is 3.86. The van der Waals surface area contributed by atoms with Gasteiger partial charge in [-0.25, -0.2) is 12.7 Å². The topological polar surface area (TPSA) is 66.5 Å². The molecule has 0 unspecified atom stereocenters. The maximum Gasteiger partial charge on any atom is 0.255 e. The summed E-state index contributed by atoms with van der Waals surface area (Å²) in [4.78, 5) is 12.7. The molecule has 0 heterocycles. The molecular formula is C18H22N2O3S. The molecule has 0 saturated carbocycles. The first-order valence-corrected chi connectivity index (χ1v) is 8.98. The summed E-state index contributed by atoms with van der Waals surface area (Å²) in [5, 5.41) is 2.86. The van der Waals surface area contributed by atoms with Crippen molar-refractivity contribution >= 4 is 21.6 Å². The van der Waals surface area contributed by atoms with Crippen LogP contribution >= 0.6 is 0 Å². The second-order valence-electron chi connectivity index (χ2n) is 6.04. The van der Waals surface area contributed by atoms with E-state index in [9.17, 15) is 13.2 Å². The number of benzene rings is 2. The molecule has 2 rings (SSSR count). The second kappa shape index (κ2) is 6.75. The number of sulfonamides is 1. The summed E-state index contributed by atoms with van der Waals surface area (Å²) in [6.07, 6.45) is 0. The number of carbonyl (C=O) groups is 1. The first-order chi connectivity index (χ1) is 11.1. The molecule has 0 saturated heterocycles. The Morgan fingerprint density at radius 1 is 0.958 bits per heavy atom. The lowest BCUT2D eigenvalue weighted by atomic mass is 10.1. The average Bonchev–Trinajstić information content (AvgIpc) is 2.50. The standard InChI is InChI=1S/C18H22N2O3S/c1-12-6-9-17(14(3)10-12)19-18(21)16-11-15(8-7-13(16)2)24(22,23)20(4)5/h6-11H,1-5H3,(H,19,21). The van der Waals surface area contributed by atoms with Gasteiger partial charge in [0.1, 0.15) is 0 Å². The number of anilines is 1. The Balaban J connectivity index is 2.39. The van der Waals surface area contributed by atoms with Crippen molar-refractivity contribution in [3.63, 3.8) is 0 Å². The highest BCUT2D eigenvalue weighted by molar-refractivity contribution is 7.89. The van der Waals surface area contributed by atoms with Crippen molar-refractivity contribution in [2.45, 2.75) is 25.7 Å². The predicted octanol–water partition coefficient (Wildman–Crippen LogP) is 3.11. The number of aryl methyl sites for hydroxylation is 3. The molecule has 128 valence electrons. The molecule has 24 heavy (non-hydrogen) atoms. The Bertz CT molecular complexity index is 887. The molecule has 0 spiro atoms. The molecule has 0 bridgehead atoms. The van der Waals surface area contributed by atoms with Crippen molar-refractivity contribution in [1.29, 1.82) is 0 Å². The molecule has 2 aromatic carbocycles. The molecule has 0 aliphatic rings. The zero-order valence-corrected chi connectivity index (χ0v) is 15.4. The van der Waals surface area contributed by atoms with E-state index in [2.05, 4.69) is 5.32 Å². The summed E-state index contributed by atoms with van der Waals surface area (Å²) in [5.41, 5.74) is 3.84. The summed E-state index contributed by atoms with van der Waals surface area (Å²) in [6, 6.07) is 10.3. The van der Waals surface area contributed by atoms with Crippen LogP contribution in [0.3, 0.4) is 0 Å². The van der Waals surface area contributed by atoms with Crippen LogP contribution in [-0.4, -0.2) is 32.7 Å². The molecular weight excluding hydrogens is 324 g/mol. The lowest BCUT2D eigenvalue weighted by Gasteiger charge is -2.14. The van der Waals surface area contributed by atoms with Gasteiger partial charge in [0.25, 0.3) is 5.91 Å². The van der Waals surface area contributed by atoms with Crippen molar-refractivity contribution in [1.82, 2.24) is 4.31 Å². The molecule has 0 aromatic heterocycles. The molecule has 1 N–H and O–H groups in total. The summed E-state index contributed by atoms with van der Waals surface area (Å²) in [6.45, 7) is 5.68. The molecule has 0 fully saturated rings. The van der Waals surface area contributed by atoms with Crippen LogP contribution in [0.4, 0.5) is 5.69 Å². The fourth-order valence-corrected chi connectivity index (χ4v) is 3.29. The Kier molecular flexibility index (Phi) is 5.11. The van der Waals surface area contributed by atoms with E-state index in [1.54, 1.807) is 13.0 Å². The molecule has 0 atom stereocenters. The number of nitrogens with one attached hydrogen (secondary N) is 1. The van der Waals surface area contributed by atoms with Gasteiger partial charge in [-0.3, -0.25) is 4.79 Å². The number of amides is 1. The summed E-state index contributed by atoms with van der Waals surface area (Å²) >= 11 is 0. The van der Waals surface area contributed by atoms with Crippen LogP contribution in [0.15, 0.2) is 41.3 Å². The third-order valence-corrected chi connectivity index (χ3v) is 5.67. The van der Waals surface area contributed by atoms with Gasteiger partial charge in [0.05, 0.1) is 4.90 Å². The summed E-state index contributed by atoms with van der Waals surface area (Å²) in [7, 11) is -0.657. The number of hydrogen-bond acceptors (Lipinski definition) is 3. The van der Waals surface area contributed by atoms with Gasteiger partial charge < -0.3 is 5.32 Å². The quantitative estimate of drug-likeness (QED) is 0.925. The molecule has 0 radical (unpaired) electrons. The molecule has 0 aliphatic heterocycles. The molecule has 2 aromatic rings. The van der Waals surface area contributed by atoms with E-state index in [0.717, 1.165) is 21.0 Å². The molecule has 0 aliphatic carbocycles. The monoisotopic (exact) mass is 346 g/mol. The first-order valence-electron chi connectivity index (χ1n) is 7.54. The van der Waals surface area contributed by atoms with Crippen LogP contribution in [-0.2, 0) is 10.0 Å². The van der Waals surface area contributed by atoms with Crippen molar-refractivity contribution in [3.05, 3.63) is 58.7 Å². The zero-order valence-electron chi connectivity index (χ0n) is 14.5. The highest BCUT2D eigenvalue weighted by Gasteiger charge is 2.20. The van der Waals surface area contributed by atoms with Gasteiger partial charge in [-0.1, -0.05) is 23.8 Å². The molecule has 1 amide bonds. The second-order valence-corrected chi connectivity index (χ2v) is 8.19. The largest absolute Gasteiger partial charge is 0.322 e. The first kappa shape index (κ1) is 18.2. The average molecular weight is 346 g/mol. The highest BCUT2D eigenvalue weighted by atomic mass is 32.2. The van der Waals surface area contributed by atoms with E-state index in [0.29, 0.717) is 11.3 Å². The van der Waals surface area contributed by atoms with E-state index >= 15 is 0 Å². The molecule has 5 nitrogen and oxygen atoms in total. The van der Waals surface area contributed by atoms with Crippen LogP contribution in [0, 0.1) is 20.8 Å². The SMILES string of the molecule is Cc1ccc(NC(=O)c2cc(S(=O)(=O)N(C)C)ccc2C)c(C)c1. The maximum atomic E-state index is 12.6. The van der Waals surface area contributed by atoms with Crippen LogP contribution < -0.4 is 5.32 Å². The van der Waals surface area contributed by atoms with E-state index < -0.39 is 10.0 Å². The highest BCUT2D eigenvalue weighted by Crippen LogP contribution is 2.21. The van der Waals surface area contributed by atoms with Crippen molar-refractivity contribution < 1.29 is 13.2 Å². The van der Waals surface area contributed by atoms with Crippen LogP contribution in [0.25, 0.3) is 0 Å².